The molecule has 0 unspecified atom stereocenters. The van der Waals surface area contributed by atoms with Crippen molar-refractivity contribution >= 4 is 15.7 Å². The molecule has 0 aromatic carbocycles. The molecule has 4 nitrogen and oxygen atoms in total. The predicted molar refractivity (Wildman–Crippen MR) is 50.1 cm³/mol. The van der Waals surface area contributed by atoms with Crippen molar-refractivity contribution in [3.05, 3.63) is 0 Å². The zero-order chi connectivity index (χ0) is 9.90. The predicted octanol–water partition coefficient (Wildman–Crippen LogP) is 0.0898. The fraction of sp³-hybridized carbons (Fsp3) is 0.875. The van der Waals surface area contributed by atoms with Crippen LogP contribution in [0.25, 0.3) is 0 Å². The van der Waals surface area contributed by atoms with Gasteiger partial charge < -0.3 is 5.32 Å². The van der Waals surface area contributed by atoms with Crippen LogP contribution < -0.4 is 5.32 Å². The van der Waals surface area contributed by atoms with Crippen molar-refractivity contribution in [3.8, 4) is 0 Å². The fourth-order valence-corrected chi connectivity index (χ4v) is 2.33. The van der Waals surface area contributed by atoms with Crippen LogP contribution in [0.3, 0.4) is 0 Å². The molecule has 0 spiro atoms. The molecule has 0 saturated heterocycles. The van der Waals surface area contributed by atoms with Crippen LogP contribution in [0.15, 0.2) is 0 Å². The lowest BCUT2D eigenvalue weighted by molar-refractivity contribution is -0.118. The second-order valence-corrected chi connectivity index (χ2v) is 5.62. The van der Waals surface area contributed by atoms with E-state index in [1.807, 2.05) is 0 Å². The lowest BCUT2D eigenvalue weighted by atomic mass is 10.6. The summed E-state index contributed by atoms with van der Waals surface area (Å²) in [5.74, 6) is -0.599. The minimum absolute atomic E-state index is 0.102. The fourth-order valence-electron chi connectivity index (χ4n) is 1.08. The summed E-state index contributed by atoms with van der Waals surface area (Å²) in [7, 11) is -3.16. The summed E-state index contributed by atoms with van der Waals surface area (Å²) in [6.07, 6.45) is 2.54. The van der Waals surface area contributed by atoms with E-state index in [4.69, 9.17) is 0 Å². The van der Waals surface area contributed by atoms with Gasteiger partial charge in [-0.25, -0.2) is 8.42 Å². The van der Waals surface area contributed by atoms with Crippen LogP contribution in [0.2, 0.25) is 0 Å². The molecular formula is C8H15NO3S. The maximum atomic E-state index is 11.2. The van der Waals surface area contributed by atoms with E-state index < -0.39 is 9.84 Å². The third kappa shape index (κ3) is 4.26. The molecule has 0 atom stereocenters. The van der Waals surface area contributed by atoms with E-state index in [1.165, 1.54) is 0 Å². The van der Waals surface area contributed by atoms with Gasteiger partial charge in [0, 0.05) is 6.04 Å². The highest BCUT2D eigenvalue weighted by Crippen LogP contribution is 2.18. The molecule has 1 N–H and O–H groups in total. The Kier molecular flexibility index (Phi) is 3.30. The number of hydrogen-bond donors (Lipinski definition) is 1. The lowest BCUT2D eigenvalue weighted by Gasteiger charge is -2.03. The van der Waals surface area contributed by atoms with Crippen LogP contribution in [-0.4, -0.2) is 31.9 Å². The van der Waals surface area contributed by atoms with E-state index in [9.17, 15) is 13.2 Å². The molecular weight excluding hydrogens is 190 g/mol. The van der Waals surface area contributed by atoms with Crippen molar-refractivity contribution in [1.29, 1.82) is 0 Å². The highest BCUT2D eigenvalue weighted by molar-refractivity contribution is 7.92. The van der Waals surface area contributed by atoms with Crippen LogP contribution >= 0.6 is 0 Å². The second-order valence-electron chi connectivity index (χ2n) is 3.43. The molecule has 0 aromatic heterocycles. The van der Waals surface area contributed by atoms with Crippen molar-refractivity contribution in [3.63, 3.8) is 0 Å². The van der Waals surface area contributed by atoms with Crippen molar-refractivity contribution in [2.24, 2.45) is 0 Å². The van der Waals surface area contributed by atoms with Crippen LogP contribution in [-0.2, 0) is 14.6 Å². The standard InChI is InChI=1S/C8H15NO3S/c1-2-5-13(11,12)6-8(10)9-7-3-4-7/h7H,2-6H2,1H3,(H,9,10). The van der Waals surface area contributed by atoms with Crippen molar-refractivity contribution in [2.45, 2.75) is 32.2 Å². The summed E-state index contributed by atoms with van der Waals surface area (Å²) in [5, 5.41) is 2.65. The molecule has 13 heavy (non-hydrogen) atoms. The molecule has 1 fully saturated rings. The number of hydrogen-bond acceptors (Lipinski definition) is 3. The molecule has 1 rings (SSSR count). The molecule has 0 aliphatic heterocycles. The third-order valence-corrected chi connectivity index (χ3v) is 3.54. The zero-order valence-corrected chi connectivity index (χ0v) is 8.56. The van der Waals surface area contributed by atoms with Gasteiger partial charge >= 0.3 is 0 Å². The summed E-state index contributed by atoms with van der Waals surface area (Å²) in [6.45, 7) is 1.79. The summed E-state index contributed by atoms with van der Waals surface area (Å²) >= 11 is 0. The first-order valence-electron chi connectivity index (χ1n) is 4.53. The van der Waals surface area contributed by atoms with Gasteiger partial charge in [-0.05, 0) is 19.3 Å². The van der Waals surface area contributed by atoms with E-state index in [0.717, 1.165) is 12.8 Å². The molecule has 5 heteroatoms. The Balaban J connectivity index is 2.32. The molecule has 0 heterocycles. The Morgan fingerprint density at radius 2 is 2.08 bits per heavy atom. The van der Waals surface area contributed by atoms with Gasteiger partial charge in [0.05, 0.1) is 5.75 Å². The number of amides is 1. The average molecular weight is 205 g/mol. The van der Waals surface area contributed by atoms with E-state index in [0.29, 0.717) is 6.42 Å². The largest absolute Gasteiger partial charge is 0.352 e. The topological polar surface area (TPSA) is 63.2 Å². The van der Waals surface area contributed by atoms with Crippen molar-refractivity contribution < 1.29 is 13.2 Å². The Labute approximate surface area is 78.6 Å². The minimum Gasteiger partial charge on any atom is -0.352 e. The molecule has 1 saturated carbocycles. The monoisotopic (exact) mass is 205 g/mol. The van der Waals surface area contributed by atoms with Gasteiger partial charge in [0.25, 0.3) is 0 Å². The maximum Gasteiger partial charge on any atom is 0.235 e. The minimum atomic E-state index is -3.16. The quantitative estimate of drug-likeness (QED) is 0.692. The summed E-state index contributed by atoms with van der Waals surface area (Å²) in [4.78, 5) is 11.1. The SMILES string of the molecule is CCCS(=O)(=O)CC(=O)NC1CC1. The van der Waals surface area contributed by atoms with Gasteiger partial charge in [-0.3, -0.25) is 4.79 Å². The number of carbonyl (C=O) groups is 1. The van der Waals surface area contributed by atoms with Gasteiger partial charge in [-0.1, -0.05) is 6.92 Å². The normalized spacial score (nSPS) is 17.0. The van der Waals surface area contributed by atoms with Gasteiger partial charge in [-0.2, -0.15) is 0 Å². The van der Waals surface area contributed by atoms with Gasteiger partial charge in [-0.15, -0.1) is 0 Å². The Morgan fingerprint density at radius 1 is 1.46 bits per heavy atom. The van der Waals surface area contributed by atoms with Gasteiger partial charge in [0.2, 0.25) is 5.91 Å². The van der Waals surface area contributed by atoms with E-state index in [-0.39, 0.29) is 23.5 Å². The van der Waals surface area contributed by atoms with Crippen molar-refractivity contribution in [2.75, 3.05) is 11.5 Å². The molecule has 1 aliphatic rings. The first-order chi connectivity index (χ1) is 6.03. The van der Waals surface area contributed by atoms with Gasteiger partial charge in [0.15, 0.2) is 9.84 Å². The molecule has 0 aromatic rings. The number of nitrogens with one attached hydrogen (secondary N) is 1. The van der Waals surface area contributed by atoms with Gasteiger partial charge in [0.1, 0.15) is 5.75 Å². The Hall–Kier alpha value is -0.580. The maximum absolute atomic E-state index is 11.2. The highest BCUT2D eigenvalue weighted by atomic mass is 32.2. The third-order valence-electron chi connectivity index (χ3n) is 1.81. The average Bonchev–Trinajstić information content (AvgIpc) is 2.68. The zero-order valence-electron chi connectivity index (χ0n) is 7.75. The summed E-state index contributed by atoms with van der Waals surface area (Å²) in [6, 6.07) is 0.240. The Bertz CT molecular complexity index is 280. The molecule has 76 valence electrons. The molecule has 0 bridgehead atoms. The first-order valence-corrected chi connectivity index (χ1v) is 6.35. The second kappa shape index (κ2) is 4.09. The van der Waals surface area contributed by atoms with Crippen LogP contribution in [0.5, 0.6) is 0 Å². The molecule has 1 aliphatic carbocycles. The molecule has 1 amide bonds. The number of sulfone groups is 1. The highest BCUT2D eigenvalue weighted by Gasteiger charge is 2.25. The van der Waals surface area contributed by atoms with E-state index in [1.54, 1.807) is 6.92 Å². The van der Waals surface area contributed by atoms with Crippen molar-refractivity contribution in [1.82, 2.24) is 5.32 Å². The lowest BCUT2D eigenvalue weighted by Crippen LogP contribution is -2.32. The van der Waals surface area contributed by atoms with E-state index in [2.05, 4.69) is 5.32 Å². The smallest absolute Gasteiger partial charge is 0.235 e. The van der Waals surface area contributed by atoms with E-state index >= 15 is 0 Å². The summed E-state index contributed by atoms with van der Waals surface area (Å²) < 4.78 is 22.4. The number of carbonyl (C=O) groups excluding carboxylic acids is 1. The van der Waals surface area contributed by atoms with Crippen LogP contribution in [0, 0.1) is 0 Å². The first kappa shape index (κ1) is 10.5. The van der Waals surface area contributed by atoms with Crippen LogP contribution in [0.1, 0.15) is 26.2 Å². The Morgan fingerprint density at radius 3 is 2.54 bits per heavy atom. The number of rotatable bonds is 5. The molecule has 0 radical (unpaired) electrons. The summed E-state index contributed by atoms with van der Waals surface area (Å²) in [5.41, 5.74) is 0. The van der Waals surface area contributed by atoms with Crippen LogP contribution in [0.4, 0.5) is 0 Å².